The Morgan fingerprint density at radius 3 is 2.50 bits per heavy atom. The number of hydrogen-bond acceptors (Lipinski definition) is 2. The summed E-state index contributed by atoms with van der Waals surface area (Å²) in [5, 5.41) is 0. The normalized spacial score (nSPS) is 9.50. The molecule has 0 spiro atoms. The van der Waals surface area contributed by atoms with Gasteiger partial charge in [-0.15, -0.1) is 0 Å². The van der Waals surface area contributed by atoms with Crippen LogP contribution in [0.4, 0.5) is 0 Å². The Hall–Kier alpha value is -1.44. The number of Topliss-reactive ketones (excluding diaryl/α,β-unsaturated/α-hetero) is 1. The molecule has 0 fully saturated rings. The van der Waals surface area contributed by atoms with Gasteiger partial charge in [-0.2, -0.15) is 0 Å². The molecule has 0 aliphatic rings. The highest BCUT2D eigenvalue weighted by molar-refractivity contribution is 6.02. The van der Waals surface area contributed by atoms with Gasteiger partial charge >= 0.3 is 0 Å². The molecule has 0 radical (unpaired) electrons. The van der Waals surface area contributed by atoms with Gasteiger partial charge in [0.05, 0.1) is 0 Å². The van der Waals surface area contributed by atoms with Crippen molar-refractivity contribution in [3.05, 3.63) is 34.9 Å². The van der Waals surface area contributed by atoms with Gasteiger partial charge in [-0.3, -0.25) is 9.59 Å². The van der Waals surface area contributed by atoms with Crippen molar-refractivity contribution in [1.82, 2.24) is 0 Å². The van der Waals surface area contributed by atoms with Crippen LogP contribution in [0.15, 0.2) is 18.2 Å². The van der Waals surface area contributed by atoms with Gasteiger partial charge in [0.25, 0.3) is 0 Å². The van der Waals surface area contributed by atoms with Gasteiger partial charge in [0, 0.05) is 11.1 Å². The summed E-state index contributed by atoms with van der Waals surface area (Å²) in [6.07, 6.45) is 0.712. The van der Waals surface area contributed by atoms with Crippen molar-refractivity contribution >= 4 is 12.1 Å². The van der Waals surface area contributed by atoms with Crippen LogP contribution in [-0.4, -0.2) is 12.1 Å². The first-order chi connectivity index (χ1) is 5.66. The van der Waals surface area contributed by atoms with E-state index in [0.717, 1.165) is 5.56 Å². The molecular formula is C10H10O2. The third-order valence-corrected chi connectivity index (χ3v) is 1.78. The minimum atomic E-state index is -0.0600. The molecule has 0 bridgehead atoms. The number of carbonyl (C=O) groups is 2. The number of benzene rings is 1. The summed E-state index contributed by atoms with van der Waals surface area (Å²) in [5.41, 5.74) is 1.86. The monoisotopic (exact) mass is 162 g/mol. The average molecular weight is 162 g/mol. The van der Waals surface area contributed by atoms with E-state index in [1.54, 1.807) is 12.1 Å². The first kappa shape index (κ1) is 8.65. The first-order valence-electron chi connectivity index (χ1n) is 3.72. The second kappa shape index (κ2) is 3.30. The van der Waals surface area contributed by atoms with Gasteiger partial charge in [-0.05, 0) is 19.4 Å². The molecule has 0 amide bonds. The lowest BCUT2D eigenvalue weighted by atomic mass is 10.00. The standard InChI is InChI=1S/C10H10O2/c1-7-4-3-5-9(6-11)10(7)8(2)12/h3-6H,1-2H3. The van der Waals surface area contributed by atoms with Gasteiger partial charge in [0.2, 0.25) is 0 Å². The largest absolute Gasteiger partial charge is 0.298 e. The van der Waals surface area contributed by atoms with E-state index >= 15 is 0 Å². The average Bonchev–Trinajstić information content (AvgIpc) is 2.03. The number of hydrogen-bond donors (Lipinski definition) is 0. The number of rotatable bonds is 2. The second-order valence-corrected chi connectivity index (χ2v) is 2.71. The highest BCUT2D eigenvalue weighted by Crippen LogP contribution is 2.12. The Morgan fingerprint density at radius 1 is 1.42 bits per heavy atom. The predicted octanol–water partition coefficient (Wildman–Crippen LogP) is 2.01. The molecule has 1 rings (SSSR count). The summed E-state index contributed by atoms with van der Waals surface area (Å²) in [6, 6.07) is 5.24. The van der Waals surface area contributed by atoms with E-state index in [4.69, 9.17) is 0 Å². The van der Waals surface area contributed by atoms with Crippen molar-refractivity contribution in [2.75, 3.05) is 0 Å². The summed E-state index contributed by atoms with van der Waals surface area (Å²) < 4.78 is 0. The molecule has 2 heteroatoms. The smallest absolute Gasteiger partial charge is 0.160 e. The van der Waals surface area contributed by atoms with Crippen LogP contribution in [0.5, 0.6) is 0 Å². The molecule has 0 aliphatic heterocycles. The van der Waals surface area contributed by atoms with Crippen molar-refractivity contribution in [2.24, 2.45) is 0 Å². The van der Waals surface area contributed by atoms with E-state index in [9.17, 15) is 9.59 Å². The molecular weight excluding hydrogens is 152 g/mol. The predicted molar refractivity (Wildman–Crippen MR) is 46.6 cm³/mol. The molecule has 0 saturated heterocycles. The Labute approximate surface area is 71.2 Å². The molecule has 0 aromatic heterocycles. The third-order valence-electron chi connectivity index (χ3n) is 1.78. The van der Waals surface area contributed by atoms with Crippen LogP contribution in [0.3, 0.4) is 0 Å². The van der Waals surface area contributed by atoms with E-state index in [2.05, 4.69) is 0 Å². The lowest BCUT2D eigenvalue weighted by Gasteiger charge is -2.03. The Bertz CT molecular complexity index is 327. The second-order valence-electron chi connectivity index (χ2n) is 2.71. The zero-order chi connectivity index (χ0) is 9.14. The van der Waals surface area contributed by atoms with E-state index < -0.39 is 0 Å². The number of aryl methyl sites for hydroxylation is 1. The van der Waals surface area contributed by atoms with E-state index in [1.807, 2.05) is 13.0 Å². The van der Waals surface area contributed by atoms with Crippen molar-refractivity contribution in [1.29, 1.82) is 0 Å². The van der Waals surface area contributed by atoms with Gasteiger partial charge in [-0.1, -0.05) is 18.2 Å². The SMILES string of the molecule is CC(=O)c1c(C)cccc1C=O. The molecule has 62 valence electrons. The molecule has 0 unspecified atom stereocenters. The summed E-state index contributed by atoms with van der Waals surface area (Å²) in [4.78, 5) is 21.6. The van der Waals surface area contributed by atoms with E-state index in [-0.39, 0.29) is 5.78 Å². The lowest BCUT2D eigenvalue weighted by molar-refractivity contribution is 0.100. The minimum Gasteiger partial charge on any atom is -0.298 e. The Balaban J connectivity index is 3.39. The molecule has 2 nitrogen and oxygen atoms in total. The zero-order valence-electron chi connectivity index (χ0n) is 7.13. The zero-order valence-corrected chi connectivity index (χ0v) is 7.13. The van der Waals surface area contributed by atoms with Crippen LogP contribution < -0.4 is 0 Å². The van der Waals surface area contributed by atoms with Crippen LogP contribution in [0.1, 0.15) is 33.2 Å². The van der Waals surface area contributed by atoms with Crippen LogP contribution in [0.2, 0.25) is 0 Å². The highest BCUT2D eigenvalue weighted by Gasteiger charge is 2.08. The molecule has 12 heavy (non-hydrogen) atoms. The fourth-order valence-electron chi connectivity index (χ4n) is 1.27. The van der Waals surface area contributed by atoms with Gasteiger partial charge < -0.3 is 0 Å². The van der Waals surface area contributed by atoms with Crippen molar-refractivity contribution < 1.29 is 9.59 Å². The molecule has 0 saturated carbocycles. The van der Waals surface area contributed by atoms with Gasteiger partial charge in [0.1, 0.15) is 0 Å². The number of carbonyl (C=O) groups excluding carboxylic acids is 2. The van der Waals surface area contributed by atoms with Crippen LogP contribution in [0, 0.1) is 6.92 Å². The molecule has 1 aromatic carbocycles. The maximum Gasteiger partial charge on any atom is 0.160 e. The van der Waals surface area contributed by atoms with Gasteiger partial charge in [0.15, 0.2) is 12.1 Å². The van der Waals surface area contributed by atoms with Crippen molar-refractivity contribution in [2.45, 2.75) is 13.8 Å². The van der Waals surface area contributed by atoms with Crippen LogP contribution in [0.25, 0.3) is 0 Å². The summed E-state index contributed by atoms with van der Waals surface area (Å²) in [5.74, 6) is -0.0600. The lowest BCUT2D eigenvalue weighted by Crippen LogP contribution is -2.01. The Morgan fingerprint density at radius 2 is 2.08 bits per heavy atom. The summed E-state index contributed by atoms with van der Waals surface area (Å²) in [6.45, 7) is 3.29. The molecule has 0 N–H and O–H groups in total. The maximum absolute atomic E-state index is 11.1. The van der Waals surface area contributed by atoms with E-state index in [1.165, 1.54) is 6.92 Å². The number of ketones is 1. The van der Waals surface area contributed by atoms with Crippen molar-refractivity contribution in [3.8, 4) is 0 Å². The highest BCUT2D eigenvalue weighted by atomic mass is 16.1. The third kappa shape index (κ3) is 1.42. The van der Waals surface area contributed by atoms with Crippen molar-refractivity contribution in [3.63, 3.8) is 0 Å². The number of aldehydes is 1. The molecule has 1 aromatic rings. The fraction of sp³-hybridized carbons (Fsp3) is 0.200. The molecule has 0 atom stereocenters. The fourth-order valence-corrected chi connectivity index (χ4v) is 1.27. The van der Waals surface area contributed by atoms with E-state index in [0.29, 0.717) is 17.4 Å². The van der Waals surface area contributed by atoms with Crippen LogP contribution in [-0.2, 0) is 0 Å². The topological polar surface area (TPSA) is 34.1 Å². The molecule has 0 heterocycles. The van der Waals surface area contributed by atoms with Crippen LogP contribution >= 0.6 is 0 Å². The quantitative estimate of drug-likeness (QED) is 0.492. The minimum absolute atomic E-state index is 0.0600. The maximum atomic E-state index is 11.1. The summed E-state index contributed by atoms with van der Waals surface area (Å²) in [7, 11) is 0. The summed E-state index contributed by atoms with van der Waals surface area (Å²) >= 11 is 0. The van der Waals surface area contributed by atoms with Gasteiger partial charge in [-0.25, -0.2) is 0 Å². The first-order valence-corrected chi connectivity index (χ1v) is 3.72. The Kier molecular flexibility index (Phi) is 2.38. The molecule has 0 aliphatic carbocycles.